The second kappa shape index (κ2) is 13.2. The van der Waals surface area contributed by atoms with E-state index in [2.05, 4.69) is 29.4 Å². The van der Waals surface area contributed by atoms with Crippen molar-refractivity contribution >= 4 is 12.0 Å². The molecule has 2 rings (SSSR count). The Balaban J connectivity index is 1.42. The molecule has 0 spiro atoms. The molecule has 2 N–H and O–H groups in total. The predicted octanol–water partition coefficient (Wildman–Crippen LogP) is 3.57. The summed E-state index contributed by atoms with van der Waals surface area (Å²) in [6, 6.07) is 9.55. The number of nitrogens with one attached hydrogen (secondary N) is 2. The van der Waals surface area contributed by atoms with Gasteiger partial charge in [-0.2, -0.15) is 0 Å². The van der Waals surface area contributed by atoms with Gasteiger partial charge in [-0.15, -0.1) is 0 Å². The predicted molar refractivity (Wildman–Crippen MR) is 115 cm³/mol. The van der Waals surface area contributed by atoms with Crippen LogP contribution in [-0.2, 0) is 16.1 Å². The number of carbonyl (C=O) groups is 2. The molecular formula is C23H37N3O3. The van der Waals surface area contributed by atoms with Crippen LogP contribution in [0.5, 0.6) is 0 Å². The summed E-state index contributed by atoms with van der Waals surface area (Å²) in [6.07, 6.45) is 4.04. The zero-order chi connectivity index (χ0) is 20.9. The van der Waals surface area contributed by atoms with Crippen LogP contribution in [0.15, 0.2) is 30.3 Å². The molecule has 0 bridgehead atoms. The third kappa shape index (κ3) is 10.3. The maximum Gasteiger partial charge on any atom is 0.407 e. The van der Waals surface area contributed by atoms with Gasteiger partial charge in [-0.1, -0.05) is 44.2 Å². The normalized spacial score (nSPS) is 19.5. The van der Waals surface area contributed by atoms with Crippen LogP contribution < -0.4 is 10.6 Å². The Hall–Kier alpha value is -2.08. The zero-order valence-electron chi connectivity index (χ0n) is 18.0. The number of hydrogen-bond donors (Lipinski definition) is 2. The van der Waals surface area contributed by atoms with E-state index in [0.717, 1.165) is 43.3 Å². The lowest BCUT2D eigenvalue weighted by Crippen LogP contribution is -2.39. The van der Waals surface area contributed by atoms with Crippen molar-refractivity contribution in [2.45, 2.75) is 52.6 Å². The molecule has 1 saturated heterocycles. The number of piperidine rings is 1. The van der Waals surface area contributed by atoms with E-state index in [1.807, 2.05) is 30.3 Å². The summed E-state index contributed by atoms with van der Waals surface area (Å²) in [5.41, 5.74) is 0.950. The number of alkyl carbamates (subject to hydrolysis) is 1. The van der Waals surface area contributed by atoms with Gasteiger partial charge in [-0.25, -0.2) is 4.79 Å². The number of carbonyl (C=O) groups excluding carboxylic acids is 2. The molecule has 0 saturated carbocycles. The first-order valence-electron chi connectivity index (χ1n) is 11.0. The molecule has 0 radical (unpaired) electrons. The van der Waals surface area contributed by atoms with Crippen LogP contribution in [0.1, 0.15) is 51.5 Å². The van der Waals surface area contributed by atoms with Crippen molar-refractivity contribution in [2.24, 2.45) is 11.8 Å². The largest absolute Gasteiger partial charge is 0.445 e. The van der Waals surface area contributed by atoms with Gasteiger partial charge in [-0.3, -0.25) is 4.79 Å². The number of unbranched alkanes of at least 4 members (excludes halogenated alkanes) is 1. The lowest BCUT2D eigenvalue weighted by Gasteiger charge is -2.34. The van der Waals surface area contributed by atoms with Crippen molar-refractivity contribution in [1.29, 1.82) is 0 Å². The van der Waals surface area contributed by atoms with Gasteiger partial charge >= 0.3 is 6.09 Å². The molecule has 29 heavy (non-hydrogen) atoms. The fourth-order valence-corrected chi connectivity index (χ4v) is 3.96. The topological polar surface area (TPSA) is 70.7 Å². The molecule has 0 aromatic heterocycles. The number of nitrogens with zero attached hydrogens (tertiary/aromatic N) is 1. The number of amides is 2. The fraction of sp³-hybridized carbons (Fsp3) is 0.652. The second-order valence-corrected chi connectivity index (χ2v) is 8.35. The monoisotopic (exact) mass is 403 g/mol. The first-order chi connectivity index (χ1) is 14.0. The van der Waals surface area contributed by atoms with E-state index in [9.17, 15) is 9.59 Å². The fourth-order valence-electron chi connectivity index (χ4n) is 3.96. The Morgan fingerprint density at radius 1 is 1.00 bits per heavy atom. The van der Waals surface area contributed by atoms with E-state index < -0.39 is 6.09 Å². The van der Waals surface area contributed by atoms with E-state index in [4.69, 9.17) is 4.74 Å². The molecule has 162 valence electrons. The van der Waals surface area contributed by atoms with Crippen LogP contribution in [0.4, 0.5) is 4.79 Å². The van der Waals surface area contributed by atoms with E-state index >= 15 is 0 Å². The molecule has 1 aromatic rings. The van der Waals surface area contributed by atoms with Gasteiger partial charge in [0.15, 0.2) is 0 Å². The van der Waals surface area contributed by atoms with E-state index in [1.54, 1.807) is 0 Å². The van der Waals surface area contributed by atoms with Crippen molar-refractivity contribution in [1.82, 2.24) is 15.5 Å². The number of ether oxygens (including phenoxy) is 1. The van der Waals surface area contributed by atoms with Crippen LogP contribution in [0, 0.1) is 11.8 Å². The molecule has 2 atom stereocenters. The van der Waals surface area contributed by atoms with Crippen LogP contribution in [0.3, 0.4) is 0 Å². The van der Waals surface area contributed by atoms with Crippen LogP contribution in [-0.4, -0.2) is 49.6 Å². The van der Waals surface area contributed by atoms with Crippen molar-refractivity contribution in [2.75, 3.05) is 32.7 Å². The highest BCUT2D eigenvalue weighted by Crippen LogP contribution is 2.20. The molecule has 1 heterocycles. The summed E-state index contributed by atoms with van der Waals surface area (Å²) >= 11 is 0. The van der Waals surface area contributed by atoms with Gasteiger partial charge in [0.1, 0.15) is 6.61 Å². The second-order valence-electron chi connectivity index (χ2n) is 8.35. The minimum Gasteiger partial charge on any atom is -0.445 e. The standard InChI is InChI=1S/C23H37N3O3/c1-19-15-20(2)17-26(16-19)14-7-6-12-24-22(27)11-8-13-25-23(28)29-18-21-9-4-3-5-10-21/h3-5,9-10,19-20H,6-8,11-18H2,1-2H3,(H,24,27)(H,25,28). The Morgan fingerprint density at radius 3 is 2.41 bits per heavy atom. The Morgan fingerprint density at radius 2 is 1.69 bits per heavy atom. The minimum absolute atomic E-state index is 0.0460. The van der Waals surface area contributed by atoms with Gasteiger partial charge in [0.2, 0.25) is 5.91 Å². The Bertz CT molecular complexity index is 599. The molecule has 1 aliphatic rings. The summed E-state index contributed by atoms with van der Waals surface area (Å²) in [4.78, 5) is 26.1. The number of rotatable bonds is 11. The average Bonchev–Trinajstić information content (AvgIpc) is 2.69. The molecule has 1 aromatic carbocycles. The summed E-state index contributed by atoms with van der Waals surface area (Å²) in [6.45, 7) is 9.62. The third-order valence-electron chi connectivity index (χ3n) is 5.23. The van der Waals surface area contributed by atoms with Gasteiger partial charge in [0, 0.05) is 32.6 Å². The molecule has 1 fully saturated rings. The van der Waals surface area contributed by atoms with E-state index in [1.165, 1.54) is 19.5 Å². The smallest absolute Gasteiger partial charge is 0.407 e. The molecule has 1 aliphatic heterocycles. The quantitative estimate of drug-likeness (QED) is 0.554. The Kier molecular flexibility index (Phi) is 10.6. The maximum absolute atomic E-state index is 11.9. The van der Waals surface area contributed by atoms with Crippen molar-refractivity contribution < 1.29 is 14.3 Å². The zero-order valence-corrected chi connectivity index (χ0v) is 18.0. The average molecular weight is 404 g/mol. The lowest BCUT2D eigenvalue weighted by molar-refractivity contribution is -0.121. The van der Waals surface area contributed by atoms with Gasteiger partial charge in [0.05, 0.1) is 0 Å². The van der Waals surface area contributed by atoms with Gasteiger partial charge in [-0.05, 0) is 49.6 Å². The molecular weight excluding hydrogens is 366 g/mol. The highest BCUT2D eigenvalue weighted by molar-refractivity contribution is 5.75. The third-order valence-corrected chi connectivity index (χ3v) is 5.23. The maximum atomic E-state index is 11.9. The summed E-state index contributed by atoms with van der Waals surface area (Å²) in [5, 5.41) is 5.65. The minimum atomic E-state index is -0.449. The summed E-state index contributed by atoms with van der Waals surface area (Å²) < 4.78 is 5.14. The summed E-state index contributed by atoms with van der Waals surface area (Å²) in [7, 11) is 0. The highest BCUT2D eigenvalue weighted by atomic mass is 16.5. The van der Waals surface area contributed by atoms with Crippen LogP contribution >= 0.6 is 0 Å². The Labute approximate surface area is 175 Å². The van der Waals surface area contributed by atoms with Crippen molar-refractivity contribution in [3.8, 4) is 0 Å². The summed E-state index contributed by atoms with van der Waals surface area (Å²) in [5.74, 6) is 1.63. The van der Waals surface area contributed by atoms with Gasteiger partial charge < -0.3 is 20.3 Å². The van der Waals surface area contributed by atoms with E-state index in [-0.39, 0.29) is 12.5 Å². The first-order valence-corrected chi connectivity index (χ1v) is 11.0. The number of likely N-dealkylation sites (tertiary alicyclic amines) is 1. The van der Waals surface area contributed by atoms with E-state index in [0.29, 0.717) is 19.4 Å². The van der Waals surface area contributed by atoms with Crippen LogP contribution in [0.2, 0.25) is 0 Å². The lowest BCUT2D eigenvalue weighted by atomic mass is 9.92. The molecule has 6 nitrogen and oxygen atoms in total. The molecule has 0 aliphatic carbocycles. The highest BCUT2D eigenvalue weighted by Gasteiger charge is 2.20. The first kappa shape index (κ1) is 23.2. The number of benzene rings is 1. The van der Waals surface area contributed by atoms with Crippen molar-refractivity contribution in [3.63, 3.8) is 0 Å². The van der Waals surface area contributed by atoms with Crippen LogP contribution in [0.25, 0.3) is 0 Å². The number of hydrogen-bond acceptors (Lipinski definition) is 4. The van der Waals surface area contributed by atoms with Gasteiger partial charge in [0.25, 0.3) is 0 Å². The molecule has 2 amide bonds. The molecule has 6 heteroatoms. The van der Waals surface area contributed by atoms with Crippen molar-refractivity contribution in [3.05, 3.63) is 35.9 Å². The molecule has 2 unspecified atom stereocenters. The SMILES string of the molecule is CC1CC(C)CN(CCCCNC(=O)CCCNC(=O)OCc2ccccc2)C1.